The number of carboxylic acids is 1. The van der Waals surface area contributed by atoms with Crippen molar-refractivity contribution >= 4 is 41.5 Å². The summed E-state index contributed by atoms with van der Waals surface area (Å²) in [4.78, 5) is 87.6. The number of nitrogens with one attached hydrogen (secondary N) is 3. The molecule has 0 aromatic heterocycles. The summed E-state index contributed by atoms with van der Waals surface area (Å²) in [5, 5.41) is 16.5. The number of aliphatic carboxylic acids is 1. The molecule has 1 unspecified atom stereocenters. The first-order valence-corrected chi connectivity index (χ1v) is 14.7. The lowest BCUT2D eigenvalue weighted by atomic mass is 10.0. The van der Waals surface area contributed by atoms with E-state index in [2.05, 4.69) is 20.7 Å². The quantitative estimate of drug-likeness (QED) is 0.133. The van der Waals surface area contributed by atoms with Gasteiger partial charge in [0.2, 0.25) is 23.6 Å². The minimum absolute atomic E-state index is 0.183. The minimum atomic E-state index is -1.45. The van der Waals surface area contributed by atoms with Crippen molar-refractivity contribution in [2.24, 2.45) is 5.73 Å². The summed E-state index contributed by atoms with van der Waals surface area (Å²) < 4.78 is 9.29. The second kappa shape index (κ2) is 19.3. The molecule has 0 aliphatic rings. The zero-order chi connectivity index (χ0) is 34.9. The van der Waals surface area contributed by atoms with Crippen LogP contribution in [-0.4, -0.2) is 97.5 Å². The third-order valence-corrected chi connectivity index (χ3v) is 7.02. The maximum atomic E-state index is 13.2. The third-order valence-electron chi connectivity index (χ3n) is 7.02. The molecule has 2 aromatic carbocycles. The van der Waals surface area contributed by atoms with Crippen molar-refractivity contribution in [3.05, 3.63) is 71.8 Å². The summed E-state index contributed by atoms with van der Waals surface area (Å²) in [6, 6.07) is 13.6. The van der Waals surface area contributed by atoms with Crippen LogP contribution in [0, 0.1) is 0 Å². The van der Waals surface area contributed by atoms with Crippen LogP contribution < -0.4 is 21.7 Å². The number of nitrogens with zero attached hydrogens (tertiary/aromatic N) is 1. The first-order valence-electron chi connectivity index (χ1n) is 14.7. The van der Waals surface area contributed by atoms with Crippen molar-refractivity contribution in [3.8, 4) is 0 Å². The number of hydrogen-bond donors (Lipinski definition) is 5. The Kier molecular flexibility index (Phi) is 15.5. The number of likely N-dealkylation sites (N-methyl/N-ethyl adjacent to an activating group) is 1. The molecule has 0 spiro atoms. The Morgan fingerprint density at radius 3 is 1.91 bits per heavy atom. The molecule has 254 valence electrons. The van der Waals surface area contributed by atoms with E-state index in [1.165, 1.54) is 7.05 Å². The number of amides is 4. The average molecular weight is 656 g/mol. The van der Waals surface area contributed by atoms with Crippen molar-refractivity contribution < 1.29 is 48.1 Å². The number of rotatable bonds is 18. The highest BCUT2D eigenvalue weighted by atomic mass is 16.5. The Balaban J connectivity index is 2.02. The summed E-state index contributed by atoms with van der Waals surface area (Å²) in [7, 11) is 3.46. The highest BCUT2D eigenvalue weighted by Crippen LogP contribution is 2.18. The highest BCUT2D eigenvalue weighted by Gasteiger charge is 2.28. The van der Waals surface area contributed by atoms with Crippen molar-refractivity contribution in [1.29, 1.82) is 0 Å². The number of carbonyl (C=O) groups is 7. The van der Waals surface area contributed by atoms with Crippen LogP contribution >= 0.6 is 0 Å². The largest absolute Gasteiger partial charge is 0.481 e. The second-order valence-electron chi connectivity index (χ2n) is 10.6. The molecule has 6 N–H and O–H groups in total. The molecule has 2 aromatic rings. The molecule has 4 amide bonds. The number of benzene rings is 2. The molecule has 15 heteroatoms. The predicted molar refractivity (Wildman–Crippen MR) is 167 cm³/mol. The Labute approximate surface area is 272 Å². The van der Waals surface area contributed by atoms with Crippen molar-refractivity contribution in [1.82, 2.24) is 20.9 Å². The van der Waals surface area contributed by atoms with Gasteiger partial charge in [0.25, 0.3) is 0 Å². The molecule has 0 saturated heterocycles. The fraction of sp³-hybridized carbons (Fsp3) is 0.406. The van der Waals surface area contributed by atoms with Crippen molar-refractivity contribution in [3.63, 3.8) is 0 Å². The molecular weight excluding hydrogens is 614 g/mol. The topological polar surface area (TPSA) is 224 Å². The maximum absolute atomic E-state index is 13.2. The summed E-state index contributed by atoms with van der Waals surface area (Å²) in [6.45, 7) is -0.522. The minimum Gasteiger partial charge on any atom is -0.481 e. The summed E-state index contributed by atoms with van der Waals surface area (Å²) in [6.07, 6.45) is -1.16. The van der Waals surface area contributed by atoms with Gasteiger partial charge in [-0.1, -0.05) is 60.7 Å². The first-order chi connectivity index (χ1) is 22.3. The fourth-order valence-corrected chi connectivity index (χ4v) is 4.52. The summed E-state index contributed by atoms with van der Waals surface area (Å²) >= 11 is 0. The monoisotopic (exact) mass is 655 g/mol. The number of hydrogen-bond acceptors (Lipinski definition) is 10. The second-order valence-corrected chi connectivity index (χ2v) is 10.6. The zero-order valence-electron chi connectivity index (χ0n) is 26.5. The first kappa shape index (κ1) is 37.9. The fourth-order valence-electron chi connectivity index (χ4n) is 4.52. The summed E-state index contributed by atoms with van der Waals surface area (Å²) in [5.74, 6) is -5.60. The number of methoxy groups -OCH3 is 2. The number of ether oxygens (including phenoxy) is 2. The lowest BCUT2D eigenvalue weighted by molar-refractivity contribution is -0.149. The molecule has 47 heavy (non-hydrogen) atoms. The van der Waals surface area contributed by atoms with E-state index in [0.717, 1.165) is 24.7 Å². The van der Waals surface area contributed by atoms with Gasteiger partial charge in [-0.25, -0.2) is 9.59 Å². The molecule has 0 aliphatic heterocycles. The molecule has 15 nitrogen and oxygen atoms in total. The van der Waals surface area contributed by atoms with Gasteiger partial charge in [-0.15, -0.1) is 0 Å². The lowest BCUT2D eigenvalue weighted by Gasteiger charge is -2.23. The number of carbonyl (C=O) groups excluding carboxylic acids is 6. The number of carboxylic acid groups (broad SMARTS) is 1. The van der Waals surface area contributed by atoms with Crippen LogP contribution in [0.2, 0.25) is 0 Å². The Bertz CT molecular complexity index is 1390. The standard InChI is InChI=1S/C32H41N5O10/c1-37(19-27(39)35-25(18-29(41)42)32(45)47-3)28(40)15-14-23(31(44)46-2)34-26(38)17-24(21-12-8-5-9-13-21)36-30(43)22(33)16-20-10-6-4-7-11-20/h4-13,22-25H,14-19,33H2,1-3H3,(H,34,38)(H,35,39)(H,36,43)(H,41,42)/t22-,23+,24?,25+/m0/s1. The van der Waals surface area contributed by atoms with E-state index in [9.17, 15) is 33.6 Å². The van der Waals surface area contributed by atoms with Gasteiger partial charge in [-0.3, -0.25) is 24.0 Å². The van der Waals surface area contributed by atoms with Gasteiger partial charge in [0.15, 0.2) is 0 Å². The van der Waals surface area contributed by atoms with Crippen LogP contribution in [0.25, 0.3) is 0 Å². The van der Waals surface area contributed by atoms with Crippen LogP contribution in [0.5, 0.6) is 0 Å². The van der Waals surface area contributed by atoms with Gasteiger partial charge in [0, 0.05) is 13.5 Å². The molecule has 0 bridgehead atoms. The SMILES string of the molecule is COC(=O)[C@@H](CCC(=O)N(C)CC(=O)N[C@H](CC(=O)O)C(=O)OC)NC(=O)CC(NC(=O)[C@@H](N)Cc1ccccc1)c1ccccc1. The highest BCUT2D eigenvalue weighted by molar-refractivity contribution is 5.90. The van der Waals surface area contributed by atoms with E-state index in [1.807, 2.05) is 30.3 Å². The lowest BCUT2D eigenvalue weighted by Crippen LogP contribution is -2.48. The molecule has 0 fully saturated rings. The van der Waals surface area contributed by atoms with Gasteiger partial charge in [0.1, 0.15) is 12.1 Å². The Morgan fingerprint density at radius 1 is 0.787 bits per heavy atom. The van der Waals surface area contributed by atoms with E-state index in [4.69, 9.17) is 15.6 Å². The van der Waals surface area contributed by atoms with Crippen molar-refractivity contribution in [2.45, 2.75) is 56.3 Å². The van der Waals surface area contributed by atoms with Gasteiger partial charge in [0.05, 0.1) is 45.7 Å². The Hall–Kier alpha value is -5.31. The van der Waals surface area contributed by atoms with Gasteiger partial charge < -0.3 is 41.2 Å². The van der Waals surface area contributed by atoms with Gasteiger partial charge in [-0.2, -0.15) is 0 Å². The van der Waals surface area contributed by atoms with Gasteiger partial charge in [-0.05, 0) is 24.0 Å². The van der Waals surface area contributed by atoms with E-state index < -0.39 is 78.7 Å². The van der Waals surface area contributed by atoms with Crippen molar-refractivity contribution in [2.75, 3.05) is 27.8 Å². The average Bonchev–Trinajstić information content (AvgIpc) is 3.05. The number of esters is 2. The molecule has 2 rings (SSSR count). The van der Waals surface area contributed by atoms with E-state index in [1.54, 1.807) is 30.3 Å². The maximum Gasteiger partial charge on any atom is 0.328 e. The van der Waals surface area contributed by atoms with Gasteiger partial charge >= 0.3 is 17.9 Å². The smallest absolute Gasteiger partial charge is 0.328 e. The third kappa shape index (κ3) is 13.3. The zero-order valence-corrected chi connectivity index (χ0v) is 26.5. The van der Waals surface area contributed by atoms with Crippen LogP contribution in [0.15, 0.2) is 60.7 Å². The normalized spacial score (nSPS) is 13.1. The molecule has 4 atom stereocenters. The number of nitrogens with two attached hydrogens (primary N) is 1. The van der Waals surface area contributed by atoms with Crippen LogP contribution in [0.1, 0.15) is 42.9 Å². The molecule has 0 aliphatic carbocycles. The molecule has 0 heterocycles. The predicted octanol–water partition coefficient (Wildman–Crippen LogP) is -0.167. The van der Waals surface area contributed by atoms with E-state index in [-0.39, 0.29) is 25.7 Å². The molecular formula is C32H41N5O10. The van der Waals surface area contributed by atoms with Crippen LogP contribution in [0.4, 0.5) is 0 Å². The summed E-state index contributed by atoms with van der Waals surface area (Å²) in [5.41, 5.74) is 7.65. The van der Waals surface area contributed by atoms with E-state index in [0.29, 0.717) is 5.56 Å². The van der Waals surface area contributed by atoms with E-state index >= 15 is 0 Å². The molecule has 0 radical (unpaired) electrons. The van der Waals surface area contributed by atoms with Crippen LogP contribution in [0.3, 0.4) is 0 Å². The van der Waals surface area contributed by atoms with Crippen LogP contribution in [-0.2, 0) is 49.5 Å². The molecule has 0 saturated carbocycles. The Morgan fingerprint density at radius 2 is 1.34 bits per heavy atom.